The zero-order valence-corrected chi connectivity index (χ0v) is 9.97. The molecule has 0 saturated heterocycles. The van der Waals surface area contributed by atoms with Gasteiger partial charge in [-0.05, 0) is 31.2 Å². The van der Waals surface area contributed by atoms with Crippen molar-refractivity contribution in [1.82, 2.24) is 0 Å². The molecule has 2 aromatic rings. The van der Waals surface area contributed by atoms with E-state index < -0.39 is 0 Å². The molecule has 3 heteroatoms. The Labute approximate surface area is 102 Å². The standard InChI is InChI=1S/C8H11NO.C6H7N/c1-2-10-8-6-4-3-5-7(8)9;7-6-4-2-1-3-5-6/h3-6H,2,9H2,1H3;1-5H,7H2. The van der Waals surface area contributed by atoms with Crippen LogP contribution in [-0.4, -0.2) is 6.61 Å². The second kappa shape index (κ2) is 7.17. The summed E-state index contributed by atoms with van der Waals surface area (Å²) in [6.07, 6.45) is 0. The molecule has 3 nitrogen and oxygen atoms in total. The topological polar surface area (TPSA) is 61.3 Å². The van der Waals surface area contributed by atoms with E-state index in [1.807, 2.05) is 61.5 Å². The number of hydrogen-bond acceptors (Lipinski definition) is 3. The molecule has 0 bridgehead atoms. The van der Waals surface area contributed by atoms with Crippen LogP contribution in [0.15, 0.2) is 54.6 Å². The lowest BCUT2D eigenvalue weighted by molar-refractivity contribution is 0.342. The summed E-state index contributed by atoms with van der Waals surface area (Å²) in [6.45, 7) is 2.60. The van der Waals surface area contributed by atoms with Crippen LogP contribution in [0.25, 0.3) is 0 Å². The number of hydrogen-bond donors (Lipinski definition) is 2. The fourth-order valence-corrected chi connectivity index (χ4v) is 1.22. The molecule has 0 aliphatic carbocycles. The van der Waals surface area contributed by atoms with Crippen LogP contribution < -0.4 is 16.2 Å². The van der Waals surface area contributed by atoms with Crippen molar-refractivity contribution in [2.24, 2.45) is 0 Å². The summed E-state index contributed by atoms with van der Waals surface area (Å²) in [4.78, 5) is 0. The van der Waals surface area contributed by atoms with Gasteiger partial charge in [0.25, 0.3) is 0 Å². The highest BCUT2D eigenvalue weighted by molar-refractivity contribution is 5.51. The second-order valence-electron chi connectivity index (χ2n) is 3.38. The maximum atomic E-state index is 5.58. The van der Waals surface area contributed by atoms with Gasteiger partial charge >= 0.3 is 0 Å². The average Bonchev–Trinajstić information content (AvgIpc) is 2.34. The Morgan fingerprint density at radius 2 is 1.47 bits per heavy atom. The monoisotopic (exact) mass is 230 g/mol. The lowest BCUT2D eigenvalue weighted by Crippen LogP contribution is -1.95. The van der Waals surface area contributed by atoms with Crippen molar-refractivity contribution >= 4 is 11.4 Å². The highest BCUT2D eigenvalue weighted by Gasteiger charge is 1.93. The van der Waals surface area contributed by atoms with Crippen LogP contribution in [0.1, 0.15) is 6.92 Å². The highest BCUT2D eigenvalue weighted by atomic mass is 16.5. The summed E-state index contributed by atoms with van der Waals surface area (Å²) in [7, 11) is 0. The van der Waals surface area contributed by atoms with E-state index in [0.29, 0.717) is 12.3 Å². The minimum atomic E-state index is 0.661. The van der Waals surface area contributed by atoms with Crippen molar-refractivity contribution in [2.75, 3.05) is 18.1 Å². The largest absolute Gasteiger partial charge is 0.492 e. The Balaban J connectivity index is 0.000000181. The Kier molecular flexibility index (Phi) is 5.44. The molecule has 0 aliphatic rings. The molecule has 2 rings (SSSR count). The van der Waals surface area contributed by atoms with Crippen molar-refractivity contribution < 1.29 is 4.74 Å². The fraction of sp³-hybridized carbons (Fsp3) is 0.143. The van der Waals surface area contributed by atoms with Crippen LogP contribution in [0, 0.1) is 0 Å². The quantitative estimate of drug-likeness (QED) is 0.780. The van der Waals surface area contributed by atoms with Crippen LogP contribution in [0.2, 0.25) is 0 Å². The number of para-hydroxylation sites is 3. The highest BCUT2D eigenvalue weighted by Crippen LogP contribution is 2.18. The Morgan fingerprint density at radius 3 is 1.94 bits per heavy atom. The number of nitrogen functional groups attached to an aromatic ring is 2. The first kappa shape index (κ1) is 12.9. The maximum absolute atomic E-state index is 5.58. The van der Waals surface area contributed by atoms with E-state index in [4.69, 9.17) is 16.2 Å². The Morgan fingerprint density at radius 1 is 0.882 bits per heavy atom. The molecule has 0 unspecified atom stereocenters. The first-order valence-electron chi connectivity index (χ1n) is 5.52. The third-order valence-corrected chi connectivity index (χ3v) is 2.02. The molecule has 0 aliphatic heterocycles. The third-order valence-electron chi connectivity index (χ3n) is 2.02. The molecule has 0 amide bonds. The number of benzene rings is 2. The van der Waals surface area contributed by atoms with Crippen molar-refractivity contribution in [1.29, 1.82) is 0 Å². The maximum Gasteiger partial charge on any atom is 0.142 e. The van der Waals surface area contributed by atoms with Gasteiger partial charge in [0.05, 0.1) is 12.3 Å². The molecule has 4 N–H and O–H groups in total. The Bertz CT molecular complexity index is 429. The first-order valence-corrected chi connectivity index (χ1v) is 5.52. The van der Waals surface area contributed by atoms with Gasteiger partial charge in [0.1, 0.15) is 5.75 Å². The lowest BCUT2D eigenvalue weighted by atomic mass is 10.3. The molecule has 0 aromatic heterocycles. The molecule has 0 radical (unpaired) electrons. The van der Waals surface area contributed by atoms with Crippen LogP contribution >= 0.6 is 0 Å². The number of ether oxygens (including phenoxy) is 1. The van der Waals surface area contributed by atoms with Gasteiger partial charge in [-0.25, -0.2) is 0 Å². The molecule has 90 valence electrons. The summed E-state index contributed by atoms with van der Waals surface area (Å²) in [6, 6.07) is 17.0. The summed E-state index contributed by atoms with van der Waals surface area (Å²) in [5.74, 6) is 0.769. The first-order chi connectivity index (χ1) is 8.24. The van der Waals surface area contributed by atoms with E-state index >= 15 is 0 Å². The van der Waals surface area contributed by atoms with Gasteiger partial charge in [0, 0.05) is 5.69 Å². The van der Waals surface area contributed by atoms with Crippen molar-refractivity contribution in [2.45, 2.75) is 6.92 Å². The van der Waals surface area contributed by atoms with E-state index in [-0.39, 0.29) is 0 Å². The van der Waals surface area contributed by atoms with Gasteiger partial charge in [0.15, 0.2) is 0 Å². The second-order valence-corrected chi connectivity index (χ2v) is 3.38. The van der Waals surface area contributed by atoms with E-state index in [1.54, 1.807) is 0 Å². The zero-order valence-electron chi connectivity index (χ0n) is 9.97. The van der Waals surface area contributed by atoms with E-state index in [9.17, 15) is 0 Å². The molecule has 0 fully saturated rings. The van der Waals surface area contributed by atoms with Crippen LogP contribution in [0.4, 0.5) is 11.4 Å². The van der Waals surface area contributed by atoms with Gasteiger partial charge in [-0.1, -0.05) is 30.3 Å². The molecule has 0 spiro atoms. The summed E-state index contributed by atoms with van der Waals surface area (Å²) >= 11 is 0. The van der Waals surface area contributed by atoms with Crippen LogP contribution in [0.5, 0.6) is 5.75 Å². The molecule has 17 heavy (non-hydrogen) atoms. The van der Waals surface area contributed by atoms with Crippen molar-refractivity contribution in [3.8, 4) is 5.75 Å². The summed E-state index contributed by atoms with van der Waals surface area (Å²) in [5.41, 5.74) is 12.5. The average molecular weight is 230 g/mol. The smallest absolute Gasteiger partial charge is 0.142 e. The normalized spacial score (nSPS) is 9.00. The minimum absolute atomic E-state index is 0.661. The van der Waals surface area contributed by atoms with Crippen molar-refractivity contribution in [3.05, 3.63) is 54.6 Å². The van der Waals surface area contributed by atoms with Crippen molar-refractivity contribution in [3.63, 3.8) is 0 Å². The van der Waals surface area contributed by atoms with Gasteiger partial charge < -0.3 is 16.2 Å². The molecule has 2 aromatic carbocycles. The molecular formula is C14H18N2O. The molecule has 0 heterocycles. The predicted molar refractivity (Wildman–Crippen MR) is 72.9 cm³/mol. The number of anilines is 2. The predicted octanol–water partition coefficient (Wildman–Crippen LogP) is 2.94. The fourth-order valence-electron chi connectivity index (χ4n) is 1.22. The summed E-state index contributed by atoms with van der Waals surface area (Å²) < 4.78 is 5.21. The van der Waals surface area contributed by atoms with Gasteiger partial charge in [-0.2, -0.15) is 0 Å². The molecule has 0 atom stereocenters. The number of nitrogens with two attached hydrogens (primary N) is 2. The van der Waals surface area contributed by atoms with Gasteiger partial charge in [-0.3, -0.25) is 0 Å². The SMILES string of the molecule is CCOc1ccccc1N.Nc1ccccc1. The minimum Gasteiger partial charge on any atom is -0.492 e. The zero-order chi connectivity index (χ0) is 12.5. The lowest BCUT2D eigenvalue weighted by Gasteiger charge is -2.04. The van der Waals surface area contributed by atoms with E-state index in [1.165, 1.54) is 0 Å². The van der Waals surface area contributed by atoms with Gasteiger partial charge in [0.2, 0.25) is 0 Å². The summed E-state index contributed by atoms with van der Waals surface area (Å²) in [5, 5.41) is 0. The van der Waals surface area contributed by atoms with Crippen LogP contribution in [-0.2, 0) is 0 Å². The molecule has 0 saturated carbocycles. The Hall–Kier alpha value is -2.16. The molecular weight excluding hydrogens is 212 g/mol. The van der Waals surface area contributed by atoms with Gasteiger partial charge in [-0.15, -0.1) is 0 Å². The number of rotatable bonds is 2. The third kappa shape index (κ3) is 4.93. The van der Waals surface area contributed by atoms with E-state index in [2.05, 4.69) is 0 Å². The van der Waals surface area contributed by atoms with Crippen LogP contribution in [0.3, 0.4) is 0 Å². The van der Waals surface area contributed by atoms with E-state index in [0.717, 1.165) is 11.4 Å².